The second-order valence-electron chi connectivity index (χ2n) is 6.60. The van der Waals surface area contributed by atoms with E-state index in [9.17, 15) is 4.79 Å². The number of nitrogens with zero attached hydrogens (tertiary/aromatic N) is 1. The third kappa shape index (κ3) is 6.67. The number of carbonyl (C=O) groups excluding carboxylic acids is 1. The monoisotopic (exact) mass is 348 g/mol. The van der Waals surface area contributed by atoms with Crippen molar-refractivity contribution in [3.05, 3.63) is 29.8 Å². The van der Waals surface area contributed by atoms with Gasteiger partial charge < -0.3 is 19.7 Å². The summed E-state index contributed by atoms with van der Waals surface area (Å²) in [7, 11) is 1.82. The highest BCUT2D eigenvalue weighted by Gasteiger charge is 2.21. The van der Waals surface area contributed by atoms with E-state index in [1.165, 1.54) is 31.2 Å². The molecule has 1 saturated heterocycles. The number of nitrogens with one attached hydrogen (secondary N) is 1. The molecule has 0 aromatic heterocycles. The molecule has 5 heteroatoms. The molecule has 1 N–H and O–H groups in total. The van der Waals surface area contributed by atoms with Gasteiger partial charge in [-0.1, -0.05) is 12.1 Å². The van der Waals surface area contributed by atoms with Crippen LogP contribution in [-0.2, 0) is 9.53 Å². The Morgan fingerprint density at radius 1 is 1.12 bits per heavy atom. The molecule has 0 atom stereocenters. The molecule has 0 bridgehead atoms. The fourth-order valence-electron chi connectivity index (χ4n) is 3.42. The van der Waals surface area contributed by atoms with Crippen LogP contribution >= 0.6 is 0 Å². The highest BCUT2D eigenvalue weighted by atomic mass is 16.5. The van der Waals surface area contributed by atoms with Gasteiger partial charge in [0.15, 0.2) is 0 Å². The number of methoxy groups -OCH3 is 1. The minimum atomic E-state index is 0.481. The van der Waals surface area contributed by atoms with Gasteiger partial charge in [0, 0.05) is 33.3 Å². The molecule has 1 saturated carbocycles. The summed E-state index contributed by atoms with van der Waals surface area (Å²) in [6, 6.07) is 8.59. The van der Waals surface area contributed by atoms with Crippen LogP contribution in [0.3, 0.4) is 0 Å². The number of ether oxygens (including phenoxy) is 2. The summed E-state index contributed by atoms with van der Waals surface area (Å²) >= 11 is 0. The van der Waals surface area contributed by atoms with Crippen molar-refractivity contribution in [2.24, 2.45) is 0 Å². The Bertz CT molecular complexity index is 478. The fraction of sp³-hybridized carbons (Fsp3) is 0.650. The van der Waals surface area contributed by atoms with Gasteiger partial charge in [-0.05, 0) is 56.2 Å². The van der Waals surface area contributed by atoms with Crippen molar-refractivity contribution in [1.29, 1.82) is 0 Å². The van der Waals surface area contributed by atoms with Crippen LogP contribution in [0.5, 0.6) is 5.75 Å². The lowest BCUT2D eigenvalue weighted by atomic mass is 9.83. The van der Waals surface area contributed by atoms with E-state index in [0.717, 1.165) is 44.9 Å². The Morgan fingerprint density at radius 3 is 2.24 bits per heavy atom. The van der Waals surface area contributed by atoms with E-state index in [1.54, 1.807) is 4.90 Å². The van der Waals surface area contributed by atoms with Crippen molar-refractivity contribution in [3.8, 4) is 5.75 Å². The molecule has 1 aromatic carbocycles. The molecule has 2 fully saturated rings. The third-order valence-electron chi connectivity index (χ3n) is 4.97. The molecule has 1 aromatic rings. The molecule has 5 nitrogen and oxygen atoms in total. The van der Waals surface area contributed by atoms with Crippen molar-refractivity contribution < 1.29 is 14.3 Å². The van der Waals surface area contributed by atoms with Crippen LogP contribution < -0.4 is 10.1 Å². The first kappa shape index (κ1) is 19.7. The van der Waals surface area contributed by atoms with Gasteiger partial charge in [0.05, 0.1) is 12.7 Å². The number of carbonyl (C=O) groups is 1. The quantitative estimate of drug-likeness (QED) is 0.832. The van der Waals surface area contributed by atoms with Gasteiger partial charge in [0.25, 0.3) is 0 Å². The number of rotatable bonds is 5. The van der Waals surface area contributed by atoms with Crippen LogP contribution in [0.2, 0.25) is 0 Å². The van der Waals surface area contributed by atoms with Crippen LogP contribution in [0, 0.1) is 0 Å². The molecule has 25 heavy (non-hydrogen) atoms. The first-order chi connectivity index (χ1) is 12.3. The molecule has 1 heterocycles. The van der Waals surface area contributed by atoms with Crippen LogP contribution in [0.25, 0.3) is 0 Å². The summed E-state index contributed by atoms with van der Waals surface area (Å²) in [5.74, 6) is 1.68. The first-order valence-corrected chi connectivity index (χ1v) is 9.42. The van der Waals surface area contributed by atoms with Crippen LogP contribution in [-0.4, -0.2) is 57.3 Å². The molecule has 0 spiro atoms. The third-order valence-corrected chi connectivity index (χ3v) is 4.97. The predicted octanol–water partition coefficient (Wildman–Crippen LogP) is 2.81. The summed E-state index contributed by atoms with van der Waals surface area (Å²) < 4.78 is 10.9. The molecule has 0 unspecified atom stereocenters. The topological polar surface area (TPSA) is 50.8 Å². The average molecular weight is 348 g/mol. The van der Waals surface area contributed by atoms with Crippen molar-refractivity contribution >= 4 is 6.41 Å². The Balaban J connectivity index is 0.000000236. The Hall–Kier alpha value is -1.59. The highest BCUT2D eigenvalue weighted by molar-refractivity contribution is 5.47. The van der Waals surface area contributed by atoms with Gasteiger partial charge in [-0.15, -0.1) is 0 Å². The average Bonchev–Trinajstić information content (AvgIpc) is 2.70. The molecular formula is C20H32N2O3. The van der Waals surface area contributed by atoms with E-state index < -0.39 is 0 Å². The van der Waals surface area contributed by atoms with Crippen molar-refractivity contribution in [2.45, 2.75) is 44.6 Å². The maximum atomic E-state index is 10.1. The highest BCUT2D eigenvalue weighted by Crippen LogP contribution is 2.34. The predicted molar refractivity (Wildman–Crippen MR) is 100 cm³/mol. The lowest BCUT2D eigenvalue weighted by Gasteiger charge is -2.27. The van der Waals surface area contributed by atoms with Crippen molar-refractivity contribution in [3.63, 3.8) is 0 Å². The van der Waals surface area contributed by atoms with Crippen LogP contribution in [0.15, 0.2) is 24.3 Å². The molecule has 3 rings (SSSR count). The smallest absolute Gasteiger partial charge is 0.209 e. The molecule has 1 aliphatic heterocycles. The standard InChI is InChI=1S/C15H22O2.C5H10N2O/c1-3-17-15-10-6-13(7-11-15)12-4-8-14(16-2)9-5-12;8-5-7-3-1-6-2-4-7/h6-7,10-12,14H,3-5,8-9H2,1-2H3;5-6H,1-4H2. The normalized spacial score (nSPS) is 23.4. The summed E-state index contributed by atoms with van der Waals surface area (Å²) in [4.78, 5) is 11.8. The molecule has 2 aliphatic rings. The Morgan fingerprint density at radius 2 is 1.76 bits per heavy atom. The van der Waals surface area contributed by atoms with E-state index in [4.69, 9.17) is 9.47 Å². The zero-order valence-corrected chi connectivity index (χ0v) is 15.6. The molecular weight excluding hydrogens is 316 g/mol. The van der Waals surface area contributed by atoms with Gasteiger partial charge in [-0.2, -0.15) is 0 Å². The minimum Gasteiger partial charge on any atom is -0.494 e. The molecule has 1 aliphatic carbocycles. The van der Waals surface area contributed by atoms with Gasteiger partial charge in [-0.25, -0.2) is 0 Å². The molecule has 140 valence electrons. The fourth-order valence-corrected chi connectivity index (χ4v) is 3.42. The summed E-state index contributed by atoms with van der Waals surface area (Å²) in [6.45, 7) is 6.36. The lowest BCUT2D eigenvalue weighted by molar-refractivity contribution is -0.118. The van der Waals surface area contributed by atoms with Crippen LogP contribution in [0.4, 0.5) is 0 Å². The number of benzene rings is 1. The second-order valence-corrected chi connectivity index (χ2v) is 6.60. The van der Waals surface area contributed by atoms with Gasteiger partial charge in [-0.3, -0.25) is 4.79 Å². The lowest BCUT2D eigenvalue weighted by Crippen LogP contribution is -2.42. The van der Waals surface area contributed by atoms with Gasteiger partial charge in [0.1, 0.15) is 5.75 Å². The largest absolute Gasteiger partial charge is 0.494 e. The summed E-state index contributed by atoms with van der Waals surface area (Å²) in [6.07, 6.45) is 6.25. The zero-order chi connectivity index (χ0) is 17.9. The van der Waals surface area contributed by atoms with Gasteiger partial charge >= 0.3 is 0 Å². The van der Waals surface area contributed by atoms with E-state index >= 15 is 0 Å². The molecule has 0 radical (unpaired) electrons. The first-order valence-electron chi connectivity index (χ1n) is 9.42. The maximum Gasteiger partial charge on any atom is 0.209 e. The Kier molecular flexibility index (Phi) is 8.77. The summed E-state index contributed by atoms with van der Waals surface area (Å²) in [5, 5.41) is 3.15. The number of hydrogen-bond donors (Lipinski definition) is 1. The molecule has 1 amide bonds. The Labute approximate surface area is 151 Å². The van der Waals surface area contributed by atoms with Gasteiger partial charge in [0.2, 0.25) is 6.41 Å². The second kappa shape index (κ2) is 11.1. The number of piperazine rings is 1. The maximum absolute atomic E-state index is 10.1. The zero-order valence-electron chi connectivity index (χ0n) is 15.6. The summed E-state index contributed by atoms with van der Waals surface area (Å²) in [5.41, 5.74) is 1.45. The minimum absolute atomic E-state index is 0.481. The van der Waals surface area contributed by atoms with E-state index in [-0.39, 0.29) is 0 Å². The number of amides is 1. The SMILES string of the molecule is CCOc1ccc(C2CCC(OC)CC2)cc1.O=CN1CCNCC1. The van der Waals surface area contributed by atoms with Crippen molar-refractivity contribution in [2.75, 3.05) is 39.9 Å². The van der Waals surface area contributed by atoms with E-state index in [1.807, 2.05) is 14.0 Å². The number of hydrogen-bond acceptors (Lipinski definition) is 4. The van der Waals surface area contributed by atoms with E-state index in [2.05, 4.69) is 29.6 Å². The van der Waals surface area contributed by atoms with E-state index in [0.29, 0.717) is 12.0 Å². The van der Waals surface area contributed by atoms with Crippen LogP contribution in [0.1, 0.15) is 44.1 Å². The van der Waals surface area contributed by atoms with Crippen molar-refractivity contribution in [1.82, 2.24) is 10.2 Å².